The SMILES string of the molecule is CC1CCCN(C(=O)C(C)(C)C(=O)NC2CCCCC2)C1. The average Bonchev–Trinajstić information content (AvgIpc) is 2.47. The summed E-state index contributed by atoms with van der Waals surface area (Å²) in [4.78, 5) is 27.1. The Bertz CT molecular complexity index is 386. The molecular weight excluding hydrogens is 264 g/mol. The summed E-state index contributed by atoms with van der Waals surface area (Å²) in [5, 5.41) is 3.10. The summed E-state index contributed by atoms with van der Waals surface area (Å²) in [6.07, 6.45) is 7.96. The first-order chi connectivity index (χ1) is 9.91. The van der Waals surface area contributed by atoms with E-state index in [1.165, 1.54) is 25.7 Å². The van der Waals surface area contributed by atoms with E-state index in [1.54, 1.807) is 13.8 Å². The Morgan fingerprint density at radius 1 is 1.05 bits per heavy atom. The van der Waals surface area contributed by atoms with Gasteiger partial charge < -0.3 is 10.2 Å². The smallest absolute Gasteiger partial charge is 0.237 e. The van der Waals surface area contributed by atoms with Crippen molar-refractivity contribution in [2.75, 3.05) is 13.1 Å². The summed E-state index contributed by atoms with van der Waals surface area (Å²) < 4.78 is 0. The predicted octanol–water partition coefficient (Wildman–Crippen LogP) is 2.72. The third-order valence-corrected chi connectivity index (χ3v) is 4.99. The van der Waals surface area contributed by atoms with Crippen LogP contribution in [0.5, 0.6) is 0 Å². The lowest BCUT2D eigenvalue weighted by Gasteiger charge is -2.36. The largest absolute Gasteiger partial charge is 0.352 e. The Hall–Kier alpha value is -1.06. The van der Waals surface area contributed by atoms with E-state index in [4.69, 9.17) is 0 Å². The van der Waals surface area contributed by atoms with Crippen molar-refractivity contribution in [2.24, 2.45) is 11.3 Å². The summed E-state index contributed by atoms with van der Waals surface area (Å²) in [6.45, 7) is 7.30. The van der Waals surface area contributed by atoms with Gasteiger partial charge >= 0.3 is 0 Å². The lowest BCUT2D eigenvalue weighted by molar-refractivity contribution is -0.150. The fourth-order valence-electron chi connectivity index (χ4n) is 3.48. The van der Waals surface area contributed by atoms with Crippen molar-refractivity contribution in [1.29, 1.82) is 0 Å². The van der Waals surface area contributed by atoms with Crippen LogP contribution in [-0.4, -0.2) is 35.8 Å². The maximum absolute atomic E-state index is 12.7. The molecule has 2 amide bonds. The minimum absolute atomic E-state index is 0.0117. The van der Waals surface area contributed by atoms with Gasteiger partial charge in [-0.1, -0.05) is 26.2 Å². The molecule has 1 N–H and O–H groups in total. The minimum Gasteiger partial charge on any atom is -0.352 e. The van der Waals surface area contributed by atoms with E-state index in [9.17, 15) is 9.59 Å². The first kappa shape index (κ1) is 16.3. The van der Waals surface area contributed by atoms with Crippen LogP contribution in [0.2, 0.25) is 0 Å². The quantitative estimate of drug-likeness (QED) is 0.814. The van der Waals surface area contributed by atoms with Crippen molar-refractivity contribution in [2.45, 2.75) is 71.8 Å². The van der Waals surface area contributed by atoms with E-state index in [0.29, 0.717) is 5.92 Å². The molecule has 2 rings (SSSR count). The summed E-state index contributed by atoms with van der Waals surface area (Å²) >= 11 is 0. The second kappa shape index (κ2) is 6.80. The molecule has 0 bridgehead atoms. The van der Waals surface area contributed by atoms with Crippen molar-refractivity contribution in [3.8, 4) is 0 Å². The van der Waals surface area contributed by atoms with Crippen LogP contribution in [0, 0.1) is 11.3 Å². The van der Waals surface area contributed by atoms with Crippen LogP contribution in [0.1, 0.15) is 65.7 Å². The highest BCUT2D eigenvalue weighted by atomic mass is 16.2. The maximum atomic E-state index is 12.7. The van der Waals surface area contributed by atoms with Gasteiger partial charge in [0, 0.05) is 19.1 Å². The highest BCUT2D eigenvalue weighted by molar-refractivity contribution is 6.04. The molecule has 1 aliphatic carbocycles. The van der Waals surface area contributed by atoms with E-state index in [-0.39, 0.29) is 17.9 Å². The molecule has 0 aromatic heterocycles. The standard InChI is InChI=1S/C17H30N2O2/c1-13-8-7-11-19(12-13)16(21)17(2,3)15(20)18-14-9-5-4-6-10-14/h13-14H,4-12H2,1-3H3,(H,18,20). The number of hydrogen-bond donors (Lipinski definition) is 1. The summed E-state index contributed by atoms with van der Waals surface area (Å²) in [5.74, 6) is 0.430. The molecule has 1 unspecified atom stereocenters. The molecule has 2 aliphatic rings. The predicted molar refractivity (Wildman–Crippen MR) is 83.8 cm³/mol. The molecule has 4 nitrogen and oxygen atoms in total. The third-order valence-electron chi connectivity index (χ3n) is 4.99. The fourth-order valence-corrected chi connectivity index (χ4v) is 3.48. The number of carbonyl (C=O) groups excluding carboxylic acids is 2. The first-order valence-corrected chi connectivity index (χ1v) is 8.51. The lowest BCUT2D eigenvalue weighted by Crippen LogP contribution is -2.53. The highest BCUT2D eigenvalue weighted by Crippen LogP contribution is 2.25. The van der Waals surface area contributed by atoms with Crippen LogP contribution in [0.15, 0.2) is 0 Å². The van der Waals surface area contributed by atoms with Crippen molar-refractivity contribution in [3.63, 3.8) is 0 Å². The molecule has 0 aromatic rings. The molecule has 1 atom stereocenters. The number of nitrogens with zero attached hydrogens (tertiary/aromatic N) is 1. The summed E-state index contributed by atoms with van der Waals surface area (Å²) in [7, 11) is 0. The highest BCUT2D eigenvalue weighted by Gasteiger charge is 2.40. The van der Waals surface area contributed by atoms with Crippen LogP contribution in [-0.2, 0) is 9.59 Å². The summed E-state index contributed by atoms with van der Waals surface area (Å²) in [6, 6.07) is 0.263. The van der Waals surface area contributed by atoms with Gasteiger partial charge in [0.25, 0.3) is 0 Å². The van der Waals surface area contributed by atoms with Crippen LogP contribution in [0.3, 0.4) is 0 Å². The van der Waals surface area contributed by atoms with E-state index in [2.05, 4.69) is 12.2 Å². The number of likely N-dealkylation sites (tertiary alicyclic amines) is 1. The van der Waals surface area contributed by atoms with Crippen LogP contribution in [0.25, 0.3) is 0 Å². The second-order valence-electron chi connectivity index (χ2n) is 7.43. The van der Waals surface area contributed by atoms with Gasteiger partial charge in [0.05, 0.1) is 0 Å². The molecular formula is C17H30N2O2. The second-order valence-corrected chi connectivity index (χ2v) is 7.43. The van der Waals surface area contributed by atoms with Gasteiger partial charge in [0.2, 0.25) is 11.8 Å². The van der Waals surface area contributed by atoms with Crippen molar-refractivity contribution in [3.05, 3.63) is 0 Å². The Kier molecular flexibility index (Phi) is 5.28. The van der Waals surface area contributed by atoms with Gasteiger partial charge in [-0.15, -0.1) is 0 Å². The number of rotatable bonds is 3. The minimum atomic E-state index is -0.950. The fraction of sp³-hybridized carbons (Fsp3) is 0.882. The number of piperidine rings is 1. The van der Waals surface area contributed by atoms with Gasteiger partial charge in [-0.25, -0.2) is 0 Å². The number of nitrogens with one attached hydrogen (secondary N) is 1. The molecule has 120 valence electrons. The maximum Gasteiger partial charge on any atom is 0.237 e. The van der Waals surface area contributed by atoms with Crippen molar-refractivity contribution in [1.82, 2.24) is 10.2 Å². The van der Waals surface area contributed by atoms with Crippen molar-refractivity contribution < 1.29 is 9.59 Å². The normalized spacial score (nSPS) is 24.7. The van der Waals surface area contributed by atoms with E-state index in [0.717, 1.165) is 32.4 Å². The number of carbonyl (C=O) groups is 2. The monoisotopic (exact) mass is 294 g/mol. The van der Waals surface area contributed by atoms with Crippen LogP contribution < -0.4 is 5.32 Å². The molecule has 0 spiro atoms. The van der Waals surface area contributed by atoms with E-state index < -0.39 is 5.41 Å². The van der Waals surface area contributed by atoms with Crippen LogP contribution >= 0.6 is 0 Å². The molecule has 1 heterocycles. The zero-order valence-corrected chi connectivity index (χ0v) is 13.8. The first-order valence-electron chi connectivity index (χ1n) is 8.51. The molecule has 0 aromatic carbocycles. The van der Waals surface area contributed by atoms with Crippen LogP contribution in [0.4, 0.5) is 0 Å². The lowest BCUT2D eigenvalue weighted by atomic mass is 9.87. The zero-order chi connectivity index (χ0) is 15.5. The van der Waals surface area contributed by atoms with E-state index >= 15 is 0 Å². The van der Waals surface area contributed by atoms with Crippen molar-refractivity contribution >= 4 is 11.8 Å². The third kappa shape index (κ3) is 3.98. The molecule has 1 saturated carbocycles. The van der Waals surface area contributed by atoms with Gasteiger partial charge in [0.1, 0.15) is 5.41 Å². The Morgan fingerprint density at radius 3 is 2.33 bits per heavy atom. The Balaban J connectivity index is 1.94. The van der Waals surface area contributed by atoms with Gasteiger partial charge in [-0.3, -0.25) is 9.59 Å². The van der Waals surface area contributed by atoms with E-state index in [1.807, 2.05) is 4.90 Å². The molecule has 21 heavy (non-hydrogen) atoms. The molecule has 0 radical (unpaired) electrons. The van der Waals surface area contributed by atoms with Gasteiger partial charge in [-0.2, -0.15) is 0 Å². The average molecular weight is 294 g/mol. The van der Waals surface area contributed by atoms with Gasteiger partial charge in [-0.05, 0) is 45.4 Å². The molecule has 1 saturated heterocycles. The Morgan fingerprint density at radius 2 is 1.71 bits per heavy atom. The number of hydrogen-bond acceptors (Lipinski definition) is 2. The molecule has 1 aliphatic heterocycles. The number of amides is 2. The zero-order valence-electron chi connectivity index (χ0n) is 13.8. The topological polar surface area (TPSA) is 49.4 Å². The van der Waals surface area contributed by atoms with Gasteiger partial charge in [0.15, 0.2) is 0 Å². The Labute approximate surface area is 128 Å². The molecule has 2 fully saturated rings. The molecule has 4 heteroatoms. The summed E-state index contributed by atoms with van der Waals surface area (Å²) in [5.41, 5.74) is -0.950.